The molecule has 2 rings (SSSR count). The number of nitrogens with zero attached hydrogens (tertiary/aromatic N) is 1. The van der Waals surface area contributed by atoms with E-state index in [9.17, 15) is 4.39 Å². The molecule has 0 spiro atoms. The van der Waals surface area contributed by atoms with Crippen molar-refractivity contribution in [2.45, 2.75) is 45.2 Å². The summed E-state index contributed by atoms with van der Waals surface area (Å²) in [6, 6.07) is 11.7. The maximum absolute atomic E-state index is 12.5. The molecule has 1 fully saturated rings. The van der Waals surface area contributed by atoms with Crippen LogP contribution >= 0.6 is 0 Å². The molecule has 0 aliphatic carbocycles. The van der Waals surface area contributed by atoms with Crippen LogP contribution in [-0.4, -0.2) is 43.3 Å². The number of hydrogen-bond donors (Lipinski definition) is 1. The van der Waals surface area contributed by atoms with Crippen LogP contribution in [-0.2, 0) is 6.42 Å². The molecule has 3 heteroatoms. The molecule has 1 N–H and O–H groups in total. The summed E-state index contributed by atoms with van der Waals surface area (Å²) in [6.45, 7) is 7.28. The lowest BCUT2D eigenvalue weighted by atomic mass is 9.96. The second-order valence-electron chi connectivity index (χ2n) is 6.62. The maximum atomic E-state index is 12.5. The molecule has 118 valence electrons. The summed E-state index contributed by atoms with van der Waals surface area (Å²) in [7, 11) is 0. The summed E-state index contributed by atoms with van der Waals surface area (Å²) in [4.78, 5) is 2.50. The Morgan fingerprint density at radius 3 is 2.71 bits per heavy atom. The molecule has 0 saturated carbocycles. The smallest absolute Gasteiger partial charge is 0.0906 e. The molecule has 1 aromatic carbocycles. The summed E-state index contributed by atoms with van der Waals surface area (Å²) in [5.41, 5.74) is 1.38. The number of piperazine rings is 1. The van der Waals surface area contributed by atoms with Crippen molar-refractivity contribution in [1.29, 1.82) is 0 Å². The van der Waals surface area contributed by atoms with E-state index in [1.54, 1.807) is 0 Å². The van der Waals surface area contributed by atoms with Gasteiger partial charge in [0.2, 0.25) is 0 Å². The Hall–Kier alpha value is -0.930. The Morgan fingerprint density at radius 2 is 2.05 bits per heavy atom. The second kappa shape index (κ2) is 8.50. The van der Waals surface area contributed by atoms with E-state index in [1.807, 2.05) is 0 Å². The van der Waals surface area contributed by atoms with E-state index in [-0.39, 0.29) is 6.67 Å². The largest absolute Gasteiger partial charge is 0.311 e. The lowest BCUT2D eigenvalue weighted by Crippen LogP contribution is -2.57. The van der Waals surface area contributed by atoms with Crippen LogP contribution in [0, 0.1) is 5.92 Å². The highest BCUT2D eigenvalue weighted by molar-refractivity contribution is 5.16. The van der Waals surface area contributed by atoms with Gasteiger partial charge < -0.3 is 5.32 Å². The van der Waals surface area contributed by atoms with Crippen molar-refractivity contribution in [1.82, 2.24) is 10.2 Å². The zero-order chi connectivity index (χ0) is 15.1. The lowest BCUT2D eigenvalue weighted by molar-refractivity contribution is 0.110. The van der Waals surface area contributed by atoms with Gasteiger partial charge in [-0.3, -0.25) is 9.29 Å². The van der Waals surface area contributed by atoms with Crippen molar-refractivity contribution >= 4 is 0 Å². The minimum Gasteiger partial charge on any atom is -0.311 e. The molecule has 2 unspecified atom stereocenters. The third-order valence-electron chi connectivity index (χ3n) is 4.26. The van der Waals surface area contributed by atoms with E-state index in [4.69, 9.17) is 0 Å². The first-order valence-corrected chi connectivity index (χ1v) is 8.26. The maximum Gasteiger partial charge on any atom is 0.0906 e. The third-order valence-corrected chi connectivity index (χ3v) is 4.26. The summed E-state index contributed by atoms with van der Waals surface area (Å²) in [5.74, 6) is 0.690. The van der Waals surface area contributed by atoms with E-state index in [0.717, 1.165) is 26.1 Å². The molecule has 0 amide bonds. The van der Waals surface area contributed by atoms with Gasteiger partial charge in [-0.2, -0.15) is 0 Å². The molecule has 0 radical (unpaired) electrons. The van der Waals surface area contributed by atoms with E-state index >= 15 is 0 Å². The van der Waals surface area contributed by atoms with Crippen LogP contribution in [0.25, 0.3) is 0 Å². The van der Waals surface area contributed by atoms with Crippen molar-refractivity contribution in [3.8, 4) is 0 Å². The summed E-state index contributed by atoms with van der Waals surface area (Å²) in [6.07, 6.45) is 2.91. The Kier molecular flexibility index (Phi) is 6.65. The van der Waals surface area contributed by atoms with Gasteiger partial charge in [-0.1, -0.05) is 44.2 Å². The van der Waals surface area contributed by atoms with Crippen molar-refractivity contribution in [3.63, 3.8) is 0 Å². The van der Waals surface area contributed by atoms with Gasteiger partial charge in [0.05, 0.1) is 6.67 Å². The van der Waals surface area contributed by atoms with Crippen LogP contribution in [0.3, 0.4) is 0 Å². The van der Waals surface area contributed by atoms with E-state index in [1.165, 1.54) is 12.0 Å². The molecule has 1 saturated heterocycles. The van der Waals surface area contributed by atoms with Gasteiger partial charge in [0.1, 0.15) is 0 Å². The fraction of sp³-hybridized carbons (Fsp3) is 0.667. The molecular formula is C18H29FN2. The minimum atomic E-state index is -0.207. The standard InChI is InChI=1S/C18H29FN2/c1-15(2)11-18-13-20-17(14-21(18)10-6-9-19)12-16-7-4-3-5-8-16/h3-5,7-8,15,17-18,20H,6,9-14H2,1-2H3. The zero-order valence-corrected chi connectivity index (χ0v) is 13.4. The first-order chi connectivity index (χ1) is 10.2. The normalized spacial score (nSPS) is 23.6. The number of alkyl halides is 1. The van der Waals surface area contributed by atoms with Gasteiger partial charge in [0.25, 0.3) is 0 Å². The van der Waals surface area contributed by atoms with Crippen molar-refractivity contribution in [3.05, 3.63) is 35.9 Å². The Morgan fingerprint density at radius 1 is 1.29 bits per heavy atom. The molecule has 1 aliphatic heterocycles. The fourth-order valence-corrected chi connectivity index (χ4v) is 3.28. The molecule has 1 heterocycles. The van der Waals surface area contributed by atoms with Crippen LogP contribution < -0.4 is 5.32 Å². The quantitative estimate of drug-likeness (QED) is 0.829. The first kappa shape index (κ1) is 16.4. The summed E-state index contributed by atoms with van der Waals surface area (Å²) in [5, 5.41) is 3.69. The molecule has 0 bridgehead atoms. The average molecular weight is 292 g/mol. The molecule has 2 nitrogen and oxygen atoms in total. The SMILES string of the molecule is CC(C)CC1CNC(Cc2ccccc2)CN1CCCF. The summed E-state index contributed by atoms with van der Waals surface area (Å²) < 4.78 is 12.5. The highest BCUT2D eigenvalue weighted by Gasteiger charge is 2.27. The van der Waals surface area contributed by atoms with Crippen molar-refractivity contribution in [2.24, 2.45) is 5.92 Å². The Bertz CT molecular complexity index is 393. The van der Waals surface area contributed by atoms with Gasteiger partial charge >= 0.3 is 0 Å². The Labute approximate surface area is 128 Å². The van der Waals surface area contributed by atoms with Crippen LogP contribution in [0.5, 0.6) is 0 Å². The van der Waals surface area contributed by atoms with Crippen LogP contribution in [0.15, 0.2) is 30.3 Å². The number of halogens is 1. The molecule has 2 atom stereocenters. The van der Waals surface area contributed by atoms with Crippen molar-refractivity contribution < 1.29 is 4.39 Å². The fourth-order valence-electron chi connectivity index (χ4n) is 3.28. The zero-order valence-electron chi connectivity index (χ0n) is 13.4. The van der Waals surface area contributed by atoms with Crippen LogP contribution in [0.1, 0.15) is 32.3 Å². The number of nitrogens with one attached hydrogen (secondary N) is 1. The first-order valence-electron chi connectivity index (χ1n) is 8.26. The molecule has 0 aromatic heterocycles. The van der Waals surface area contributed by atoms with Crippen LogP contribution in [0.2, 0.25) is 0 Å². The molecule has 1 aromatic rings. The van der Waals surface area contributed by atoms with Gasteiger partial charge in [-0.05, 0) is 30.7 Å². The van der Waals surface area contributed by atoms with Gasteiger partial charge in [-0.15, -0.1) is 0 Å². The average Bonchev–Trinajstić information content (AvgIpc) is 2.48. The molecular weight excluding hydrogens is 263 g/mol. The number of rotatable bonds is 7. The topological polar surface area (TPSA) is 15.3 Å². The van der Waals surface area contributed by atoms with Gasteiger partial charge in [0.15, 0.2) is 0 Å². The molecule has 21 heavy (non-hydrogen) atoms. The monoisotopic (exact) mass is 292 g/mol. The van der Waals surface area contributed by atoms with Crippen LogP contribution in [0.4, 0.5) is 4.39 Å². The minimum absolute atomic E-state index is 0.207. The summed E-state index contributed by atoms with van der Waals surface area (Å²) >= 11 is 0. The predicted octanol–water partition coefficient (Wildman–Crippen LogP) is 3.28. The highest BCUT2D eigenvalue weighted by atomic mass is 19.1. The highest BCUT2D eigenvalue weighted by Crippen LogP contribution is 2.17. The lowest BCUT2D eigenvalue weighted by Gasteiger charge is -2.41. The third kappa shape index (κ3) is 5.40. The van der Waals surface area contributed by atoms with E-state index < -0.39 is 0 Å². The van der Waals surface area contributed by atoms with E-state index in [2.05, 4.69) is 54.4 Å². The van der Waals surface area contributed by atoms with E-state index in [0.29, 0.717) is 24.4 Å². The molecule has 1 aliphatic rings. The Balaban J connectivity index is 1.92. The number of hydrogen-bond acceptors (Lipinski definition) is 2. The predicted molar refractivity (Wildman–Crippen MR) is 87.3 cm³/mol. The van der Waals surface area contributed by atoms with Gasteiger partial charge in [0, 0.05) is 31.7 Å². The van der Waals surface area contributed by atoms with Crippen molar-refractivity contribution in [2.75, 3.05) is 26.3 Å². The van der Waals surface area contributed by atoms with Gasteiger partial charge in [-0.25, -0.2) is 0 Å². The number of benzene rings is 1. The second-order valence-corrected chi connectivity index (χ2v) is 6.62.